The zero-order valence-corrected chi connectivity index (χ0v) is 11.9. The second kappa shape index (κ2) is 5.71. The topological polar surface area (TPSA) is 0 Å². The van der Waals surface area contributed by atoms with Crippen molar-refractivity contribution in [3.8, 4) is 0 Å². The molecular weight excluding hydrogens is 228 g/mol. The van der Waals surface area contributed by atoms with Gasteiger partial charge in [0.1, 0.15) is 0 Å². The van der Waals surface area contributed by atoms with Crippen LogP contribution in [0.5, 0.6) is 0 Å². The minimum Gasteiger partial charge on any atom is -0.0905 e. The number of allylic oxidation sites excluding steroid dienone is 3. The van der Waals surface area contributed by atoms with E-state index in [4.69, 9.17) is 0 Å². The van der Waals surface area contributed by atoms with Crippen LogP contribution in [0.3, 0.4) is 0 Å². The van der Waals surface area contributed by atoms with Crippen LogP contribution in [0.25, 0.3) is 11.1 Å². The summed E-state index contributed by atoms with van der Waals surface area (Å²) in [5.41, 5.74) is 7.30. The second-order valence-corrected chi connectivity index (χ2v) is 4.87. The van der Waals surface area contributed by atoms with Crippen LogP contribution in [0, 0.1) is 13.8 Å². The van der Waals surface area contributed by atoms with Gasteiger partial charge in [0.15, 0.2) is 0 Å². The average molecular weight is 248 g/mol. The Hall–Kier alpha value is -2.08. The highest BCUT2D eigenvalue weighted by atomic mass is 14.1. The Morgan fingerprint density at radius 3 is 2.26 bits per heavy atom. The fraction of sp³-hybridized carbons (Fsp3) is 0.158. The molecule has 0 spiro atoms. The van der Waals surface area contributed by atoms with Crippen molar-refractivity contribution in [1.29, 1.82) is 0 Å². The van der Waals surface area contributed by atoms with E-state index in [0.29, 0.717) is 0 Å². The van der Waals surface area contributed by atoms with Crippen molar-refractivity contribution in [1.82, 2.24) is 0 Å². The largest absolute Gasteiger partial charge is 0.0905 e. The minimum atomic E-state index is 1.09. The zero-order valence-electron chi connectivity index (χ0n) is 11.9. The first-order valence-electron chi connectivity index (χ1n) is 6.62. The van der Waals surface area contributed by atoms with Crippen molar-refractivity contribution in [2.24, 2.45) is 0 Å². The smallest absolute Gasteiger partial charge is 0.0154 e. The van der Waals surface area contributed by atoms with Gasteiger partial charge in [-0.1, -0.05) is 66.7 Å². The lowest BCUT2D eigenvalue weighted by Crippen LogP contribution is -1.92. The van der Waals surface area contributed by atoms with Gasteiger partial charge < -0.3 is 0 Å². The van der Waals surface area contributed by atoms with E-state index >= 15 is 0 Å². The highest BCUT2D eigenvalue weighted by Crippen LogP contribution is 2.31. The van der Waals surface area contributed by atoms with Gasteiger partial charge in [-0.25, -0.2) is 0 Å². The van der Waals surface area contributed by atoms with E-state index in [0.717, 1.165) is 5.57 Å². The summed E-state index contributed by atoms with van der Waals surface area (Å²) in [5, 5.41) is 0. The Morgan fingerprint density at radius 2 is 1.68 bits per heavy atom. The van der Waals surface area contributed by atoms with Crippen molar-refractivity contribution < 1.29 is 0 Å². The molecule has 0 nitrogen and oxygen atoms in total. The van der Waals surface area contributed by atoms with Crippen LogP contribution in [0.1, 0.15) is 29.2 Å². The van der Waals surface area contributed by atoms with E-state index in [1.54, 1.807) is 0 Å². The summed E-state index contributed by atoms with van der Waals surface area (Å²) < 4.78 is 0. The van der Waals surface area contributed by atoms with Crippen LogP contribution in [0.2, 0.25) is 0 Å². The highest BCUT2D eigenvalue weighted by Gasteiger charge is 2.09. The van der Waals surface area contributed by atoms with Crippen molar-refractivity contribution in [3.63, 3.8) is 0 Å². The van der Waals surface area contributed by atoms with Crippen LogP contribution in [0.4, 0.5) is 0 Å². The Morgan fingerprint density at radius 1 is 1.00 bits per heavy atom. The van der Waals surface area contributed by atoms with E-state index in [1.165, 1.54) is 27.8 Å². The SMILES string of the molecule is C=C(/C(=C\C)c1ccccc1)c1ccc(C)cc1C. The maximum atomic E-state index is 4.29. The summed E-state index contributed by atoms with van der Waals surface area (Å²) in [6.07, 6.45) is 2.14. The third-order valence-corrected chi connectivity index (χ3v) is 3.41. The molecule has 0 aliphatic heterocycles. The summed E-state index contributed by atoms with van der Waals surface area (Å²) in [6.45, 7) is 10.6. The Bertz CT molecular complexity index is 616. The Kier molecular flexibility index (Phi) is 4.01. The highest BCUT2D eigenvalue weighted by molar-refractivity contribution is 6.04. The van der Waals surface area contributed by atoms with Crippen molar-refractivity contribution in [2.75, 3.05) is 0 Å². The summed E-state index contributed by atoms with van der Waals surface area (Å²) in [5.74, 6) is 0. The molecule has 19 heavy (non-hydrogen) atoms. The normalized spacial score (nSPS) is 11.4. The van der Waals surface area contributed by atoms with Gasteiger partial charge in [0, 0.05) is 0 Å². The maximum absolute atomic E-state index is 4.29. The molecule has 0 radical (unpaired) electrons. The van der Waals surface area contributed by atoms with Crippen LogP contribution in [0.15, 0.2) is 61.2 Å². The molecule has 0 amide bonds. The molecule has 0 aliphatic carbocycles. The van der Waals surface area contributed by atoms with Crippen molar-refractivity contribution >= 4 is 11.1 Å². The van der Waals surface area contributed by atoms with E-state index < -0.39 is 0 Å². The van der Waals surface area contributed by atoms with E-state index in [9.17, 15) is 0 Å². The van der Waals surface area contributed by atoms with Gasteiger partial charge in [0.05, 0.1) is 0 Å². The Labute approximate surface area is 116 Å². The molecule has 0 saturated carbocycles. The van der Waals surface area contributed by atoms with E-state index in [1.807, 2.05) is 6.07 Å². The molecule has 0 saturated heterocycles. The van der Waals surface area contributed by atoms with Gasteiger partial charge in [0.25, 0.3) is 0 Å². The molecule has 0 fully saturated rings. The molecule has 0 aliphatic rings. The van der Waals surface area contributed by atoms with Gasteiger partial charge in [0.2, 0.25) is 0 Å². The van der Waals surface area contributed by atoms with Gasteiger partial charge in [-0.3, -0.25) is 0 Å². The molecular formula is C19H20. The molecule has 2 aromatic carbocycles. The van der Waals surface area contributed by atoms with E-state index in [2.05, 4.69) is 75.9 Å². The molecule has 2 aromatic rings. The maximum Gasteiger partial charge on any atom is -0.0154 e. The molecule has 0 heteroatoms. The Balaban J connectivity index is 2.43. The third kappa shape index (κ3) is 2.85. The number of aryl methyl sites for hydroxylation is 2. The van der Waals surface area contributed by atoms with Gasteiger partial charge in [-0.15, -0.1) is 0 Å². The molecule has 0 heterocycles. The lowest BCUT2D eigenvalue weighted by molar-refractivity contribution is 1.36. The second-order valence-electron chi connectivity index (χ2n) is 4.87. The predicted molar refractivity (Wildman–Crippen MR) is 85.0 cm³/mol. The summed E-state index contributed by atoms with van der Waals surface area (Å²) in [6, 6.07) is 16.9. The third-order valence-electron chi connectivity index (χ3n) is 3.41. The fourth-order valence-corrected chi connectivity index (χ4v) is 2.43. The quantitative estimate of drug-likeness (QED) is 0.636. The monoisotopic (exact) mass is 248 g/mol. The summed E-state index contributed by atoms with van der Waals surface area (Å²) >= 11 is 0. The molecule has 0 aromatic heterocycles. The van der Waals surface area contributed by atoms with Crippen LogP contribution in [-0.4, -0.2) is 0 Å². The molecule has 2 rings (SSSR count). The summed E-state index contributed by atoms with van der Waals surface area (Å²) in [4.78, 5) is 0. The predicted octanol–water partition coefficient (Wildman–Crippen LogP) is 5.42. The number of rotatable bonds is 3. The molecule has 0 N–H and O–H groups in total. The number of benzene rings is 2. The van der Waals surface area contributed by atoms with Crippen LogP contribution >= 0.6 is 0 Å². The zero-order chi connectivity index (χ0) is 13.8. The summed E-state index contributed by atoms with van der Waals surface area (Å²) in [7, 11) is 0. The van der Waals surface area contributed by atoms with Gasteiger partial charge in [-0.05, 0) is 48.6 Å². The number of hydrogen-bond donors (Lipinski definition) is 0. The first-order valence-corrected chi connectivity index (χ1v) is 6.62. The number of hydrogen-bond acceptors (Lipinski definition) is 0. The first kappa shape index (κ1) is 13.4. The first-order chi connectivity index (χ1) is 9.13. The van der Waals surface area contributed by atoms with Gasteiger partial charge in [-0.2, -0.15) is 0 Å². The lowest BCUT2D eigenvalue weighted by Gasteiger charge is -2.14. The van der Waals surface area contributed by atoms with Crippen molar-refractivity contribution in [2.45, 2.75) is 20.8 Å². The van der Waals surface area contributed by atoms with Crippen molar-refractivity contribution in [3.05, 3.63) is 83.4 Å². The molecule has 96 valence electrons. The minimum absolute atomic E-state index is 1.09. The van der Waals surface area contributed by atoms with Gasteiger partial charge >= 0.3 is 0 Å². The molecule has 0 bridgehead atoms. The standard InChI is InChI=1S/C19H20/c1-5-18(17-9-7-6-8-10-17)16(4)19-12-11-14(2)13-15(19)3/h5-13H,4H2,1-3H3/b18-5+. The fourth-order valence-electron chi connectivity index (χ4n) is 2.43. The molecule has 0 unspecified atom stereocenters. The lowest BCUT2D eigenvalue weighted by atomic mass is 9.90. The molecule has 0 atom stereocenters. The van der Waals surface area contributed by atoms with E-state index in [-0.39, 0.29) is 0 Å². The average Bonchev–Trinajstić information content (AvgIpc) is 2.40. The van der Waals surface area contributed by atoms with Crippen LogP contribution in [-0.2, 0) is 0 Å². The van der Waals surface area contributed by atoms with Crippen LogP contribution < -0.4 is 0 Å².